The fraction of sp³-hybridized carbons (Fsp3) is 0.720. The fourth-order valence-corrected chi connectivity index (χ4v) is 5.10. The second kappa shape index (κ2) is 10.3. The molecule has 0 saturated carbocycles. The first kappa shape index (κ1) is 24.4. The van der Waals surface area contributed by atoms with Crippen LogP contribution >= 0.6 is 0 Å². The maximum absolute atomic E-state index is 12.2. The third kappa shape index (κ3) is 5.69. The van der Waals surface area contributed by atoms with Crippen molar-refractivity contribution < 1.29 is 38.0 Å². The Morgan fingerprint density at radius 1 is 1.09 bits per heavy atom. The van der Waals surface area contributed by atoms with Crippen LogP contribution in [0.3, 0.4) is 0 Å². The van der Waals surface area contributed by atoms with Gasteiger partial charge in [-0.25, -0.2) is 0 Å². The zero-order valence-corrected chi connectivity index (χ0v) is 20.2. The quantitative estimate of drug-likeness (QED) is 0.594. The Morgan fingerprint density at radius 3 is 2.55 bits per heavy atom. The third-order valence-corrected chi connectivity index (χ3v) is 6.81. The molecule has 0 aromatic heterocycles. The van der Waals surface area contributed by atoms with Gasteiger partial charge in [-0.3, -0.25) is 4.79 Å². The first-order valence-electron chi connectivity index (χ1n) is 11.7. The Bertz CT molecular complexity index is 794. The molecule has 4 rings (SSSR count). The van der Waals surface area contributed by atoms with Crippen LogP contribution in [0.2, 0.25) is 0 Å². The number of esters is 1. The van der Waals surface area contributed by atoms with Crippen LogP contribution in [-0.4, -0.2) is 69.2 Å². The van der Waals surface area contributed by atoms with Gasteiger partial charge in [-0.05, 0) is 38.0 Å². The van der Waals surface area contributed by atoms with E-state index in [0.29, 0.717) is 19.6 Å². The number of carbonyl (C=O) groups is 1. The highest BCUT2D eigenvalue weighted by molar-refractivity contribution is 5.69. The van der Waals surface area contributed by atoms with Crippen LogP contribution in [0.25, 0.3) is 0 Å². The minimum atomic E-state index is -0.661. The summed E-state index contributed by atoms with van der Waals surface area (Å²) in [6.45, 7) is 6.95. The first-order valence-corrected chi connectivity index (χ1v) is 11.7. The average Bonchev–Trinajstić information content (AvgIpc) is 2.94. The average molecular weight is 465 g/mol. The van der Waals surface area contributed by atoms with Crippen molar-refractivity contribution in [2.24, 2.45) is 5.92 Å². The van der Waals surface area contributed by atoms with E-state index in [0.717, 1.165) is 17.7 Å². The summed E-state index contributed by atoms with van der Waals surface area (Å²) in [7, 11) is 3.03. The summed E-state index contributed by atoms with van der Waals surface area (Å²) < 4.78 is 41.5. The number of methoxy groups -OCH3 is 2. The predicted octanol–water partition coefficient (Wildman–Crippen LogP) is 3.25. The molecule has 8 heteroatoms. The van der Waals surface area contributed by atoms with Crippen LogP contribution in [0.5, 0.6) is 5.75 Å². The molecule has 3 fully saturated rings. The lowest BCUT2D eigenvalue weighted by atomic mass is 9.81. The zero-order chi connectivity index (χ0) is 23.6. The van der Waals surface area contributed by atoms with Gasteiger partial charge in [-0.15, -0.1) is 0 Å². The van der Waals surface area contributed by atoms with Gasteiger partial charge in [-0.2, -0.15) is 0 Å². The molecule has 3 saturated heterocycles. The Balaban J connectivity index is 1.49. The molecule has 3 heterocycles. The van der Waals surface area contributed by atoms with Crippen molar-refractivity contribution in [1.29, 1.82) is 0 Å². The Hall–Kier alpha value is -1.71. The van der Waals surface area contributed by atoms with E-state index in [9.17, 15) is 4.79 Å². The summed E-state index contributed by atoms with van der Waals surface area (Å²) in [4.78, 5) is 12.2. The summed E-state index contributed by atoms with van der Waals surface area (Å²) in [6, 6.07) is 7.75. The largest absolute Gasteiger partial charge is 0.497 e. The van der Waals surface area contributed by atoms with E-state index >= 15 is 0 Å². The predicted molar refractivity (Wildman–Crippen MR) is 119 cm³/mol. The summed E-state index contributed by atoms with van der Waals surface area (Å²) in [5, 5.41) is 0. The normalized spacial score (nSPS) is 35.6. The highest BCUT2D eigenvalue weighted by Crippen LogP contribution is 2.41. The van der Waals surface area contributed by atoms with E-state index in [-0.39, 0.29) is 48.8 Å². The number of ether oxygens (including phenoxy) is 7. The molecular weight excluding hydrogens is 428 g/mol. The van der Waals surface area contributed by atoms with E-state index < -0.39 is 11.9 Å². The van der Waals surface area contributed by atoms with Gasteiger partial charge in [0.15, 0.2) is 5.79 Å². The van der Waals surface area contributed by atoms with Crippen LogP contribution in [0.15, 0.2) is 24.3 Å². The SMILES string of the molecule is COC(=O)C[C@@H]1O[C@H]2C[C@H]3OC(C)(C)OCC[C@H]3O[C@H]2[C@H](C)[C@H]1OCc1ccc(OC)cc1. The number of fused-ring (bicyclic) bond motifs is 2. The standard InChI is InChI=1S/C25H36O8/c1-15-23(29-14-16-6-8-17(27-4)9-7-16)21(13-22(26)28-5)31-20-12-19-18(32-24(15)20)10-11-30-25(2,3)33-19/h6-9,15,18-21,23-24H,10-14H2,1-5H3/t15-,18-,19-,20+,21+,23-,24+/m1/s1. The number of rotatable bonds is 6. The summed E-state index contributed by atoms with van der Waals surface area (Å²) in [6.07, 6.45) is 0.329. The highest BCUT2D eigenvalue weighted by atomic mass is 16.7. The van der Waals surface area contributed by atoms with Crippen molar-refractivity contribution in [1.82, 2.24) is 0 Å². The maximum atomic E-state index is 12.2. The van der Waals surface area contributed by atoms with Crippen molar-refractivity contribution in [3.05, 3.63) is 29.8 Å². The first-order chi connectivity index (χ1) is 15.8. The molecule has 3 aliphatic rings. The van der Waals surface area contributed by atoms with Crippen LogP contribution in [0, 0.1) is 5.92 Å². The fourth-order valence-electron chi connectivity index (χ4n) is 5.10. The van der Waals surface area contributed by atoms with Gasteiger partial charge >= 0.3 is 5.97 Å². The van der Waals surface area contributed by atoms with Crippen molar-refractivity contribution in [2.75, 3.05) is 20.8 Å². The van der Waals surface area contributed by atoms with Gasteiger partial charge in [-0.1, -0.05) is 19.1 Å². The van der Waals surface area contributed by atoms with Crippen LogP contribution in [0.1, 0.15) is 45.6 Å². The highest BCUT2D eigenvalue weighted by Gasteiger charge is 2.52. The van der Waals surface area contributed by atoms with Gasteiger partial charge in [0.25, 0.3) is 0 Å². The van der Waals surface area contributed by atoms with Crippen LogP contribution in [-0.2, 0) is 39.8 Å². The van der Waals surface area contributed by atoms with Gasteiger partial charge in [0, 0.05) is 12.3 Å². The number of benzene rings is 1. The summed E-state index contributed by atoms with van der Waals surface area (Å²) in [5.41, 5.74) is 1.02. The molecule has 0 amide bonds. The van der Waals surface area contributed by atoms with E-state index in [1.165, 1.54) is 7.11 Å². The molecule has 0 radical (unpaired) electrons. The van der Waals surface area contributed by atoms with Crippen molar-refractivity contribution in [3.63, 3.8) is 0 Å². The second-order valence-electron chi connectivity index (χ2n) is 9.54. The molecular formula is C25H36O8. The molecule has 33 heavy (non-hydrogen) atoms. The Morgan fingerprint density at radius 2 is 1.85 bits per heavy atom. The maximum Gasteiger partial charge on any atom is 0.308 e. The van der Waals surface area contributed by atoms with Gasteiger partial charge in [0.05, 0.1) is 70.5 Å². The topological polar surface area (TPSA) is 81.7 Å². The van der Waals surface area contributed by atoms with Crippen molar-refractivity contribution >= 4 is 5.97 Å². The van der Waals surface area contributed by atoms with Gasteiger partial charge in [0.1, 0.15) is 5.75 Å². The molecule has 184 valence electrons. The molecule has 0 unspecified atom stereocenters. The Labute approximate surface area is 195 Å². The lowest BCUT2D eigenvalue weighted by Crippen LogP contribution is -2.61. The molecule has 0 N–H and O–H groups in total. The lowest BCUT2D eigenvalue weighted by molar-refractivity contribution is -0.297. The molecule has 0 spiro atoms. The van der Waals surface area contributed by atoms with Crippen molar-refractivity contribution in [2.45, 2.75) is 89.1 Å². The molecule has 1 aromatic carbocycles. The number of hydrogen-bond acceptors (Lipinski definition) is 8. The second-order valence-corrected chi connectivity index (χ2v) is 9.54. The molecule has 7 atom stereocenters. The molecule has 8 nitrogen and oxygen atoms in total. The van der Waals surface area contributed by atoms with Crippen molar-refractivity contribution in [3.8, 4) is 5.75 Å². The lowest BCUT2D eigenvalue weighted by Gasteiger charge is -2.51. The smallest absolute Gasteiger partial charge is 0.308 e. The molecule has 3 aliphatic heterocycles. The minimum Gasteiger partial charge on any atom is -0.497 e. The zero-order valence-electron chi connectivity index (χ0n) is 20.2. The third-order valence-electron chi connectivity index (χ3n) is 6.81. The summed E-state index contributed by atoms with van der Waals surface area (Å²) in [5.74, 6) is -0.165. The van der Waals surface area contributed by atoms with E-state index in [1.807, 2.05) is 38.1 Å². The van der Waals surface area contributed by atoms with Gasteiger partial charge < -0.3 is 33.2 Å². The molecule has 0 aliphatic carbocycles. The minimum absolute atomic E-state index is 0.0230. The molecule has 0 bridgehead atoms. The van der Waals surface area contributed by atoms with E-state index in [2.05, 4.69) is 6.92 Å². The van der Waals surface area contributed by atoms with Crippen LogP contribution in [0.4, 0.5) is 0 Å². The van der Waals surface area contributed by atoms with Crippen LogP contribution < -0.4 is 4.74 Å². The van der Waals surface area contributed by atoms with E-state index in [4.69, 9.17) is 33.2 Å². The van der Waals surface area contributed by atoms with E-state index in [1.54, 1.807) is 7.11 Å². The Kier molecular flexibility index (Phi) is 7.60. The van der Waals surface area contributed by atoms with Gasteiger partial charge in [0.2, 0.25) is 0 Å². The number of carbonyl (C=O) groups excluding carboxylic acids is 1. The monoisotopic (exact) mass is 464 g/mol. The number of hydrogen-bond donors (Lipinski definition) is 0. The molecule has 1 aromatic rings. The summed E-state index contributed by atoms with van der Waals surface area (Å²) >= 11 is 0.